The maximum absolute atomic E-state index is 13.4. The smallest absolute Gasteiger partial charge is 0.264 e. The Balaban J connectivity index is 1.38. The maximum atomic E-state index is 13.4. The molecule has 2 N–H and O–H groups in total. The number of ether oxygens (including phenoxy) is 1. The third kappa shape index (κ3) is 6.15. The van der Waals surface area contributed by atoms with Crippen LogP contribution in [0.3, 0.4) is 0 Å². The number of aryl methyl sites for hydroxylation is 1. The molecule has 2 saturated carbocycles. The predicted octanol–water partition coefficient (Wildman–Crippen LogP) is 5.64. The molecule has 2 aliphatic heterocycles. The Morgan fingerprint density at radius 3 is 2.68 bits per heavy atom. The molecule has 5 atom stereocenters. The summed E-state index contributed by atoms with van der Waals surface area (Å²) in [6.45, 7) is 1.86. The molecule has 1 amide bonds. The number of anilines is 1. The van der Waals surface area contributed by atoms with Gasteiger partial charge in [-0.1, -0.05) is 36.2 Å². The summed E-state index contributed by atoms with van der Waals surface area (Å²) in [5.74, 6) is 0.451. The molecule has 2 aliphatic carbocycles. The van der Waals surface area contributed by atoms with Crippen molar-refractivity contribution in [1.29, 1.82) is 0 Å². The van der Waals surface area contributed by atoms with Crippen molar-refractivity contribution in [1.82, 2.24) is 4.72 Å². The lowest BCUT2D eigenvalue weighted by Gasteiger charge is -2.42. The van der Waals surface area contributed by atoms with E-state index in [9.17, 15) is 18.3 Å². The molecular weight excluding hydrogens is 560 g/mol. The molecule has 220 valence electrons. The van der Waals surface area contributed by atoms with Crippen LogP contribution < -0.4 is 14.4 Å². The highest BCUT2D eigenvalue weighted by Crippen LogP contribution is 2.41. The fraction of sp³-hybridized carbons (Fsp3) is 0.531. The van der Waals surface area contributed by atoms with Crippen molar-refractivity contribution in [2.75, 3.05) is 18.0 Å². The van der Waals surface area contributed by atoms with E-state index in [1.165, 1.54) is 5.56 Å². The van der Waals surface area contributed by atoms with E-state index < -0.39 is 27.3 Å². The van der Waals surface area contributed by atoms with Crippen molar-refractivity contribution in [2.24, 2.45) is 17.8 Å². The number of halogens is 1. The van der Waals surface area contributed by atoms with Crippen LogP contribution in [-0.4, -0.2) is 43.9 Å². The zero-order chi connectivity index (χ0) is 28.6. The first-order valence-electron chi connectivity index (χ1n) is 15.0. The Morgan fingerprint density at radius 2 is 1.85 bits per heavy atom. The first-order valence-corrected chi connectivity index (χ1v) is 16.9. The van der Waals surface area contributed by atoms with E-state index in [2.05, 4.69) is 9.62 Å². The Bertz CT molecular complexity index is 1430. The van der Waals surface area contributed by atoms with Gasteiger partial charge in [0.1, 0.15) is 12.4 Å². The van der Waals surface area contributed by atoms with Gasteiger partial charge in [-0.15, -0.1) is 0 Å². The number of sulfonamides is 1. The number of carbonyl (C=O) groups is 1. The number of allylic oxidation sites excluding steroid dienone is 1. The molecule has 9 heteroatoms. The molecule has 2 bridgehead atoms. The lowest BCUT2D eigenvalue weighted by molar-refractivity contribution is 0.0461. The van der Waals surface area contributed by atoms with E-state index in [1.54, 1.807) is 18.2 Å². The number of aliphatic hydroxyl groups is 1. The van der Waals surface area contributed by atoms with Gasteiger partial charge in [-0.3, -0.25) is 4.79 Å². The number of hydrogen-bond donors (Lipinski definition) is 2. The zero-order valence-corrected chi connectivity index (χ0v) is 24.9. The van der Waals surface area contributed by atoms with Gasteiger partial charge in [-0.05, 0) is 111 Å². The van der Waals surface area contributed by atoms with Crippen LogP contribution >= 0.6 is 11.6 Å². The second kappa shape index (κ2) is 12.0. The molecule has 0 aromatic heterocycles. The molecule has 0 spiro atoms. The molecule has 0 radical (unpaired) electrons. The van der Waals surface area contributed by atoms with Crippen LogP contribution in [0.5, 0.6) is 5.75 Å². The number of hydrogen-bond acceptors (Lipinski definition) is 6. The number of carbonyl (C=O) groups excluding carboxylic acids is 1. The zero-order valence-electron chi connectivity index (χ0n) is 23.3. The highest BCUT2D eigenvalue weighted by molar-refractivity contribution is 7.90. The van der Waals surface area contributed by atoms with Crippen LogP contribution in [0, 0.1) is 17.8 Å². The van der Waals surface area contributed by atoms with Gasteiger partial charge in [-0.25, -0.2) is 13.1 Å². The molecule has 41 heavy (non-hydrogen) atoms. The summed E-state index contributed by atoms with van der Waals surface area (Å²) in [5.41, 5.74) is 3.35. The number of aliphatic hydroxyl groups excluding tert-OH is 1. The third-order valence-electron chi connectivity index (χ3n) is 9.60. The number of rotatable bonds is 0. The van der Waals surface area contributed by atoms with Crippen LogP contribution in [0.1, 0.15) is 72.9 Å². The molecular formula is C32H39ClN2O5S. The van der Waals surface area contributed by atoms with Gasteiger partial charge < -0.3 is 14.7 Å². The quantitative estimate of drug-likeness (QED) is 0.381. The standard InChI is InChI=1S/C32H39ClN2O5S/c33-26-13-10-25-20-40-30-15-12-23-18-28(30)35(16-2-1-5-22(25)17-26)19-24-11-14-27(24)29(36)8-3-6-21-7-4-9-31(21)41(38,39)34-32(23)37/h3,8,10,12-13,15,17-18,21,24,27,29,31,36H,1-2,4-7,9,11,14,16,19-20H2,(H,34,37)/b8-3+/t21-,24-,27+,29-,31-/m0/s1. The molecule has 4 aliphatic rings. The summed E-state index contributed by atoms with van der Waals surface area (Å²) < 4.78 is 35.5. The number of benzene rings is 2. The van der Waals surface area contributed by atoms with Crippen molar-refractivity contribution in [2.45, 2.75) is 75.7 Å². The average Bonchev–Trinajstić information content (AvgIpc) is 3.39. The van der Waals surface area contributed by atoms with Crippen molar-refractivity contribution in [3.8, 4) is 5.75 Å². The molecule has 2 aromatic rings. The SMILES string of the molecule is O=C1NS(=O)(=O)[C@H]2CCC[C@@H]2C/C=C/[C@H](O)[C@@H]2CC[C@H]2CN2CCCCc3cc(Cl)ccc3COc3ccc1cc32. The molecule has 0 saturated heterocycles. The van der Waals surface area contributed by atoms with E-state index in [-0.39, 0.29) is 11.8 Å². The predicted molar refractivity (Wildman–Crippen MR) is 161 cm³/mol. The van der Waals surface area contributed by atoms with Gasteiger partial charge in [-0.2, -0.15) is 0 Å². The number of nitrogens with zero attached hydrogens (tertiary/aromatic N) is 1. The molecule has 2 aromatic carbocycles. The van der Waals surface area contributed by atoms with E-state index >= 15 is 0 Å². The Hall–Kier alpha value is -2.55. The summed E-state index contributed by atoms with van der Waals surface area (Å²) in [6, 6.07) is 11.1. The molecule has 0 unspecified atom stereocenters. The van der Waals surface area contributed by atoms with Crippen LogP contribution in [0.25, 0.3) is 0 Å². The number of nitrogens with one attached hydrogen (secondary N) is 1. The molecule has 7 nitrogen and oxygen atoms in total. The Labute approximate surface area is 248 Å². The van der Waals surface area contributed by atoms with E-state index in [1.807, 2.05) is 30.4 Å². The summed E-state index contributed by atoms with van der Waals surface area (Å²) in [5, 5.41) is 11.2. The van der Waals surface area contributed by atoms with Gasteiger partial charge in [0.2, 0.25) is 10.0 Å². The van der Waals surface area contributed by atoms with Gasteiger partial charge in [0.15, 0.2) is 0 Å². The minimum Gasteiger partial charge on any atom is -0.487 e. The van der Waals surface area contributed by atoms with Crippen LogP contribution in [0.15, 0.2) is 48.6 Å². The number of amides is 1. The third-order valence-corrected chi connectivity index (χ3v) is 11.7. The average molecular weight is 599 g/mol. The van der Waals surface area contributed by atoms with E-state index in [4.69, 9.17) is 16.3 Å². The lowest BCUT2D eigenvalue weighted by atomic mass is 9.70. The van der Waals surface area contributed by atoms with Crippen molar-refractivity contribution < 1.29 is 23.1 Å². The summed E-state index contributed by atoms with van der Waals surface area (Å²) in [7, 11) is -3.86. The monoisotopic (exact) mass is 598 g/mol. The fourth-order valence-corrected chi connectivity index (χ4v) is 9.07. The Morgan fingerprint density at radius 1 is 0.976 bits per heavy atom. The van der Waals surface area contributed by atoms with Crippen LogP contribution in [0.2, 0.25) is 5.02 Å². The lowest BCUT2D eigenvalue weighted by Crippen LogP contribution is -2.43. The summed E-state index contributed by atoms with van der Waals surface area (Å²) in [6.07, 6.45) is 10.8. The van der Waals surface area contributed by atoms with Gasteiger partial charge in [0.05, 0.1) is 17.0 Å². The van der Waals surface area contributed by atoms with Crippen LogP contribution in [-0.2, 0) is 23.1 Å². The van der Waals surface area contributed by atoms with E-state index in [0.717, 1.165) is 69.3 Å². The second-order valence-electron chi connectivity index (χ2n) is 12.1. The van der Waals surface area contributed by atoms with Gasteiger partial charge >= 0.3 is 0 Å². The second-order valence-corrected chi connectivity index (χ2v) is 14.5. The largest absolute Gasteiger partial charge is 0.487 e. The normalized spacial score (nSPS) is 30.7. The fourth-order valence-electron chi connectivity index (χ4n) is 7.11. The molecule has 6 rings (SSSR count). The van der Waals surface area contributed by atoms with E-state index in [0.29, 0.717) is 41.7 Å². The van der Waals surface area contributed by atoms with Gasteiger partial charge in [0.25, 0.3) is 5.91 Å². The van der Waals surface area contributed by atoms with Crippen molar-refractivity contribution in [3.63, 3.8) is 0 Å². The summed E-state index contributed by atoms with van der Waals surface area (Å²) in [4.78, 5) is 15.7. The topological polar surface area (TPSA) is 95.9 Å². The van der Waals surface area contributed by atoms with Gasteiger partial charge in [0, 0.05) is 23.7 Å². The van der Waals surface area contributed by atoms with Crippen molar-refractivity contribution >= 4 is 33.2 Å². The minimum absolute atomic E-state index is 0.0668. The van der Waals surface area contributed by atoms with Crippen molar-refractivity contribution in [3.05, 3.63) is 70.3 Å². The maximum Gasteiger partial charge on any atom is 0.264 e. The first kappa shape index (κ1) is 28.6. The number of fused-ring (bicyclic) bond motifs is 4. The highest BCUT2D eigenvalue weighted by Gasteiger charge is 2.39. The molecule has 2 heterocycles. The van der Waals surface area contributed by atoms with Crippen LogP contribution in [0.4, 0.5) is 5.69 Å². The highest BCUT2D eigenvalue weighted by atomic mass is 35.5. The first-order chi connectivity index (χ1) is 19.8. The molecule has 2 fully saturated rings. The minimum atomic E-state index is -3.86. The summed E-state index contributed by atoms with van der Waals surface area (Å²) >= 11 is 6.30. The Kier molecular flexibility index (Phi) is 8.35.